The van der Waals surface area contributed by atoms with Gasteiger partial charge in [0.15, 0.2) is 0 Å². The summed E-state index contributed by atoms with van der Waals surface area (Å²) in [6.07, 6.45) is -0.601. The molecule has 0 aliphatic rings. The molecule has 0 saturated carbocycles. The third-order valence-corrected chi connectivity index (χ3v) is 2.82. The minimum absolute atomic E-state index is 0.0979. The fraction of sp³-hybridized carbons (Fsp3) is 0.471. The molecule has 0 spiro atoms. The van der Waals surface area contributed by atoms with Crippen molar-refractivity contribution in [1.82, 2.24) is 10.6 Å². The van der Waals surface area contributed by atoms with Crippen LogP contribution in [0, 0.1) is 0 Å². The van der Waals surface area contributed by atoms with Crippen LogP contribution in [-0.4, -0.2) is 50.4 Å². The van der Waals surface area contributed by atoms with E-state index in [0.717, 1.165) is 0 Å². The molecule has 0 heterocycles. The van der Waals surface area contributed by atoms with E-state index in [1.165, 1.54) is 7.11 Å². The van der Waals surface area contributed by atoms with Crippen molar-refractivity contribution >= 4 is 29.4 Å². The number of methoxy groups -OCH3 is 1. The van der Waals surface area contributed by atoms with Gasteiger partial charge in [0, 0.05) is 24.0 Å². The van der Waals surface area contributed by atoms with Crippen LogP contribution < -0.4 is 21.3 Å². The number of anilines is 2. The lowest BCUT2D eigenvalue weighted by atomic mass is 10.1. The van der Waals surface area contributed by atoms with Gasteiger partial charge in [-0.3, -0.25) is 15.4 Å². The Labute approximate surface area is 152 Å². The molecule has 0 bridgehead atoms. The minimum Gasteiger partial charge on any atom is -0.447 e. The normalized spacial score (nSPS) is 10.6. The SMILES string of the molecule is COCCOC(=O)Nc1cccc(NCC(=O)NC(=O)NC(C)(C)C)c1. The second-order valence-corrected chi connectivity index (χ2v) is 6.44. The summed E-state index contributed by atoms with van der Waals surface area (Å²) in [4.78, 5) is 35.0. The minimum atomic E-state index is -0.601. The van der Waals surface area contributed by atoms with Crippen LogP contribution in [0.4, 0.5) is 21.0 Å². The summed E-state index contributed by atoms with van der Waals surface area (Å²) in [5.74, 6) is -0.482. The lowest BCUT2D eigenvalue weighted by Crippen LogP contribution is -2.49. The smallest absolute Gasteiger partial charge is 0.411 e. The highest BCUT2D eigenvalue weighted by atomic mass is 16.6. The molecule has 1 aromatic rings. The van der Waals surface area contributed by atoms with Gasteiger partial charge in [0.25, 0.3) is 0 Å². The maximum absolute atomic E-state index is 11.8. The van der Waals surface area contributed by atoms with E-state index in [-0.39, 0.29) is 13.2 Å². The Morgan fingerprint density at radius 1 is 1.08 bits per heavy atom. The molecular formula is C17H26N4O5. The molecule has 0 fully saturated rings. The molecule has 0 aromatic heterocycles. The number of imide groups is 1. The van der Waals surface area contributed by atoms with E-state index in [0.29, 0.717) is 18.0 Å². The highest BCUT2D eigenvalue weighted by molar-refractivity contribution is 5.96. The zero-order valence-electron chi connectivity index (χ0n) is 15.5. The van der Waals surface area contributed by atoms with Gasteiger partial charge in [-0.1, -0.05) is 6.07 Å². The summed E-state index contributed by atoms with van der Waals surface area (Å²) in [6, 6.07) is 6.19. The van der Waals surface area contributed by atoms with Crippen LogP contribution in [0.3, 0.4) is 0 Å². The van der Waals surface area contributed by atoms with Gasteiger partial charge in [0.2, 0.25) is 5.91 Å². The summed E-state index contributed by atoms with van der Waals surface area (Å²) in [5, 5.41) is 10.3. The van der Waals surface area contributed by atoms with Gasteiger partial charge in [-0.15, -0.1) is 0 Å². The quantitative estimate of drug-likeness (QED) is 0.548. The van der Waals surface area contributed by atoms with Crippen LogP contribution in [0.5, 0.6) is 0 Å². The average Bonchev–Trinajstić information content (AvgIpc) is 2.51. The fourth-order valence-corrected chi connectivity index (χ4v) is 1.80. The van der Waals surface area contributed by atoms with E-state index < -0.39 is 23.6 Å². The van der Waals surface area contributed by atoms with Crippen LogP contribution in [0.1, 0.15) is 20.8 Å². The number of carbonyl (C=O) groups is 3. The topological polar surface area (TPSA) is 118 Å². The first-order valence-electron chi connectivity index (χ1n) is 8.08. The van der Waals surface area contributed by atoms with Gasteiger partial charge in [-0.25, -0.2) is 9.59 Å². The van der Waals surface area contributed by atoms with Gasteiger partial charge in [-0.05, 0) is 39.0 Å². The number of amides is 4. The molecule has 9 heteroatoms. The molecule has 1 rings (SSSR count). The van der Waals surface area contributed by atoms with E-state index in [4.69, 9.17) is 9.47 Å². The zero-order valence-corrected chi connectivity index (χ0v) is 15.5. The molecule has 0 aliphatic carbocycles. The Morgan fingerprint density at radius 3 is 2.42 bits per heavy atom. The maximum atomic E-state index is 11.8. The van der Waals surface area contributed by atoms with Crippen molar-refractivity contribution in [3.8, 4) is 0 Å². The Morgan fingerprint density at radius 2 is 1.77 bits per heavy atom. The fourth-order valence-electron chi connectivity index (χ4n) is 1.80. The van der Waals surface area contributed by atoms with Gasteiger partial charge in [-0.2, -0.15) is 0 Å². The van der Waals surface area contributed by atoms with Crippen molar-refractivity contribution in [3.63, 3.8) is 0 Å². The highest BCUT2D eigenvalue weighted by Crippen LogP contribution is 2.15. The van der Waals surface area contributed by atoms with Crippen LogP contribution >= 0.6 is 0 Å². The van der Waals surface area contributed by atoms with Gasteiger partial charge < -0.3 is 20.1 Å². The molecule has 26 heavy (non-hydrogen) atoms. The van der Waals surface area contributed by atoms with Crippen LogP contribution in [-0.2, 0) is 14.3 Å². The Kier molecular flexibility index (Phi) is 8.36. The number of hydrogen-bond donors (Lipinski definition) is 4. The number of carbonyl (C=O) groups excluding carboxylic acids is 3. The van der Waals surface area contributed by atoms with Crippen LogP contribution in [0.15, 0.2) is 24.3 Å². The number of ether oxygens (including phenoxy) is 2. The predicted molar refractivity (Wildman–Crippen MR) is 98.2 cm³/mol. The maximum Gasteiger partial charge on any atom is 0.411 e. The molecule has 9 nitrogen and oxygen atoms in total. The monoisotopic (exact) mass is 366 g/mol. The number of hydrogen-bond acceptors (Lipinski definition) is 6. The second-order valence-electron chi connectivity index (χ2n) is 6.44. The summed E-state index contributed by atoms with van der Waals surface area (Å²) in [7, 11) is 1.51. The number of benzene rings is 1. The van der Waals surface area contributed by atoms with Crippen molar-refractivity contribution in [1.29, 1.82) is 0 Å². The summed E-state index contributed by atoms with van der Waals surface area (Å²) >= 11 is 0. The summed E-state index contributed by atoms with van der Waals surface area (Å²) < 4.78 is 9.69. The molecule has 144 valence electrons. The third kappa shape index (κ3) is 9.48. The third-order valence-electron chi connectivity index (χ3n) is 2.82. The second kappa shape index (κ2) is 10.2. The Balaban J connectivity index is 2.44. The van der Waals surface area contributed by atoms with Crippen molar-refractivity contribution in [2.45, 2.75) is 26.3 Å². The molecule has 1 aromatic carbocycles. The molecule has 0 saturated heterocycles. The first-order chi connectivity index (χ1) is 12.2. The molecule has 0 atom stereocenters. The lowest BCUT2D eigenvalue weighted by molar-refractivity contribution is -0.118. The van der Waals surface area contributed by atoms with Crippen LogP contribution in [0.2, 0.25) is 0 Å². The van der Waals surface area contributed by atoms with E-state index in [9.17, 15) is 14.4 Å². The number of rotatable bonds is 7. The lowest BCUT2D eigenvalue weighted by Gasteiger charge is -2.20. The van der Waals surface area contributed by atoms with Crippen LogP contribution in [0.25, 0.3) is 0 Å². The molecule has 4 N–H and O–H groups in total. The Bertz CT molecular complexity index is 628. The highest BCUT2D eigenvalue weighted by Gasteiger charge is 2.15. The van der Waals surface area contributed by atoms with E-state index >= 15 is 0 Å². The standard InChI is InChI=1S/C17H26N4O5/c1-17(2,3)21-15(23)20-14(22)11-18-12-6-5-7-13(10-12)19-16(24)26-9-8-25-4/h5-7,10,18H,8-9,11H2,1-4H3,(H,19,24)(H2,20,21,22,23). The van der Waals surface area contributed by atoms with E-state index in [2.05, 4.69) is 21.3 Å². The van der Waals surface area contributed by atoms with E-state index in [1.54, 1.807) is 24.3 Å². The molecule has 0 unspecified atom stereocenters. The van der Waals surface area contributed by atoms with Gasteiger partial charge >= 0.3 is 12.1 Å². The Hall–Kier alpha value is -2.81. The average molecular weight is 366 g/mol. The van der Waals surface area contributed by atoms with Crippen molar-refractivity contribution in [2.24, 2.45) is 0 Å². The molecule has 0 aliphatic heterocycles. The molecular weight excluding hydrogens is 340 g/mol. The van der Waals surface area contributed by atoms with Gasteiger partial charge in [0.05, 0.1) is 13.2 Å². The molecule has 0 radical (unpaired) electrons. The first-order valence-corrected chi connectivity index (χ1v) is 8.08. The van der Waals surface area contributed by atoms with Crippen molar-refractivity contribution < 1.29 is 23.9 Å². The summed E-state index contributed by atoms with van der Waals surface area (Å²) in [5.41, 5.74) is 0.671. The van der Waals surface area contributed by atoms with Crippen molar-refractivity contribution in [3.05, 3.63) is 24.3 Å². The summed E-state index contributed by atoms with van der Waals surface area (Å²) in [6.45, 7) is 5.81. The first kappa shape index (κ1) is 21.2. The largest absolute Gasteiger partial charge is 0.447 e. The number of nitrogens with one attached hydrogen (secondary N) is 4. The number of urea groups is 1. The molecule has 4 amide bonds. The van der Waals surface area contributed by atoms with Gasteiger partial charge in [0.1, 0.15) is 6.61 Å². The predicted octanol–water partition coefficient (Wildman–Crippen LogP) is 1.92. The van der Waals surface area contributed by atoms with E-state index in [1.807, 2.05) is 20.8 Å². The van der Waals surface area contributed by atoms with Crippen molar-refractivity contribution in [2.75, 3.05) is 37.5 Å². The zero-order chi connectivity index (χ0) is 19.6.